The fraction of sp³-hybridized carbons (Fsp3) is 0.500. The topological polar surface area (TPSA) is 55.9 Å². The molecule has 3 N–H and O–H groups in total. The van der Waals surface area contributed by atoms with Gasteiger partial charge in [-0.1, -0.05) is 0 Å². The molecule has 0 saturated carbocycles. The molecule has 3 rings (SSSR count). The van der Waals surface area contributed by atoms with E-state index in [-0.39, 0.29) is 6.04 Å². The smallest absolute Gasteiger partial charge is 0.0970 e. The second-order valence-electron chi connectivity index (χ2n) is 4.98. The van der Waals surface area contributed by atoms with Gasteiger partial charge in [0, 0.05) is 22.5 Å². The Morgan fingerprint density at radius 1 is 1.47 bits per heavy atom. The van der Waals surface area contributed by atoms with Crippen molar-refractivity contribution < 1.29 is 0 Å². The molecule has 1 aliphatic carbocycles. The highest BCUT2D eigenvalue weighted by atomic mass is 32.1. The summed E-state index contributed by atoms with van der Waals surface area (Å²) in [4.78, 5) is 2.86. The number of nitrogens with zero attached hydrogens (tertiary/aromatic N) is 2. The van der Waals surface area contributed by atoms with E-state index in [1.807, 2.05) is 28.3 Å². The Kier molecular flexibility index (Phi) is 3.68. The van der Waals surface area contributed by atoms with Crippen LogP contribution >= 0.6 is 11.3 Å². The first-order valence-electron chi connectivity index (χ1n) is 6.92. The van der Waals surface area contributed by atoms with Crippen molar-refractivity contribution >= 4 is 11.3 Å². The van der Waals surface area contributed by atoms with Gasteiger partial charge < -0.3 is 0 Å². The molecule has 2 aromatic rings. The molecule has 1 aliphatic rings. The zero-order valence-electron chi connectivity index (χ0n) is 11.2. The van der Waals surface area contributed by atoms with Gasteiger partial charge in [-0.2, -0.15) is 5.10 Å². The lowest BCUT2D eigenvalue weighted by Crippen LogP contribution is -2.30. The molecule has 102 valence electrons. The number of fused-ring (bicyclic) bond motifs is 1. The van der Waals surface area contributed by atoms with E-state index in [9.17, 15) is 0 Å². The first-order chi connectivity index (χ1) is 9.33. The molecule has 0 aromatic carbocycles. The lowest BCUT2D eigenvalue weighted by Gasteiger charge is -2.15. The summed E-state index contributed by atoms with van der Waals surface area (Å²) in [5.41, 5.74) is 5.62. The number of nitrogens with one attached hydrogen (secondary N) is 1. The summed E-state index contributed by atoms with van der Waals surface area (Å²) in [6, 6.07) is 4.43. The van der Waals surface area contributed by atoms with Crippen LogP contribution in [-0.4, -0.2) is 9.78 Å². The van der Waals surface area contributed by atoms with Crippen LogP contribution in [0.3, 0.4) is 0 Å². The maximum Gasteiger partial charge on any atom is 0.0970 e. The van der Waals surface area contributed by atoms with Gasteiger partial charge in [0.1, 0.15) is 0 Å². The molecule has 5 heteroatoms. The summed E-state index contributed by atoms with van der Waals surface area (Å²) in [6.45, 7) is 2.97. The van der Waals surface area contributed by atoms with Gasteiger partial charge in [0.05, 0.1) is 11.7 Å². The molecule has 0 bridgehead atoms. The van der Waals surface area contributed by atoms with Crippen LogP contribution in [0.5, 0.6) is 0 Å². The van der Waals surface area contributed by atoms with Gasteiger partial charge in [-0.25, -0.2) is 5.43 Å². The highest BCUT2D eigenvalue weighted by Gasteiger charge is 2.22. The number of hydrogen-bond acceptors (Lipinski definition) is 4. The SMILES string of the molecule is CCn1nccc1C(NN)c1cc2c(s1)CCCC2. The number of thiophene rings is 1. The molecule has 4 nitrogen and oxygen atoms in total. The van der Waals surface area contributed by atoms with E-state index < -0.39 is 0 Å². The Balaban J connectivity index is 1.96. The molecular weight excluding hydrogens is 256 g/mol. The second-order valence-corrected chi connectivity index (χ2v) is 6.14. The van der Waals surface area contributed by atoms with Gasteiger partial charge in [-0.05, 0) is 50.3 Å². The van der Waals surface area contributed by atoms with Crippen LogP contribution in [0.15, 0.2) is 18.3 Å². The van der Waals surface area contributed by atoms with Gasteiger partial charge in [-0.3, -0.25) is 10.5 Å². The van der Waals surface area contributed by atoms with E-state index >= 15 is 0 Å². The fourth-order valence-electron chi connectivity index (χ4n) is 2.82. The molecule has 1 unspecified atom stereocenters. The number of aromatic nitrogens is 2. The van der Waals surface area contributed by atoms with Gasteiger partial charge in [0.2, 0.25) is 0 Å². The molecule has 0 spiro atoms. The number of hydrogen-bond donors (Lipinski definition) is 2. The first-order valence-corrected chi connectivity index (χ1v) is 7.74. The van der Waals surface area contributed by atoms with Crippen LogP contribution in [0.4, 0.5) is 0 Å². The van der Waals surface area contributed by atoms with Crippen LogP contribution < -0.4 is 11.3 Å². The lowest BCUT2D eigenvalue weighted by atomic mass is 9.98. The fourth-order valence-corrected chi connectivity index (χ4v) is 4.15. The third-order valence-electron chi connectivity index (χ3n) is 3.81. The standard InChI is InChI=1S/C14H20N4S/c1-2-18-11(7-8-16-18)14(17-15)13-9-10-5-3-4-6-12(10)19-13/h7-9,14,17H,2-6,15H2,1H3. The molecule has 19 heavy (non-hydrogen) atoms. The van der Waals surface area contributed by atoms with Crippen molar-refractivity contribution in [1.29, 1.82) is 0 Å². The molecule has 0 aliphatic heterocycles. The molecule has 0 fully saturated rings. The highest BCUT2D eigenvalue weighted by Crippen LogP contribution is 2.34. The maximum absolute atomic E-state index is 5.79. The summed E-state index contributed by atoms with van der Waals surface area (Å²) < 4.78 is 2.00. The van der Waals surface area contributed by atoms with E-state index in [4.69, 9.17) is 5.84 Å². The average Bonchev–Trinajstić information content (AvgIpc) is 3.05. The highest BCUT2D eigenvalue weighted by molar-refractivity contribution is 7.12. The van der Waals surface area contributed by atoms with Crippen molar-refractivity contribution in [2.75, 3.05) is 0 Å². The van der Waals surface area contributed by atoms with Gasteiger partial charge >= 0.3 is 0 Å². The third kappa shape index (κ3) is 2.33. The van der Waals surface area contributed by atoms with E-state index in [2.05, 4.69) is 23.5 Å². The average molecular weight is 276 g/mol. The monoisotopic (exact) mass is 276 g/mol. The third-order valence-corrected chi connectivity index (χ3v) is 5.11. The second kappa shape index (κ2) is 5.45. The molecular formula is C14H20N4S. The Morgan fingerprint density at radius 3 is 3.05 bits per heavy atom. The van der Waals surface area contributed by atoms with Crippen molar-refractivity contribution in [2.45, 2.75) is 45.2 Å². The van der Waals surface area contributed by atoms with E-state index in [0.717, 1.165) is 12.2 Å². The zero-order chi connectivity index (χ0) is 13.2. The van der Waals surface area contributed by atoms with Crippen molar-refractivity contribution in [3.8, 4) is 0 Å². The lowest BCUT2D eigenvalue weighted by molar-refractivity contribution is 0.548. The molecule has 2 heterocycles. The summed E-state index contributed by atoms with van der Waals surface area (Å²) in [6.07, 6.45) is 6.93. The van der Waals surface area contributed by atoms with Crippen LogP contribution in [-0.2, 0) is 19.4 Å². The minimum Gasteiger partial charge on any atom is -0.270 e. The first kappa shape index (κ1) is 12.8. The predicted octanol–water partition coefficient (Wildman–Crippen LogP) is 2.40. The molecule has 0 radical (unpaired) electrons. The van der Waals surface area contributed by atoms with Gasteiger partial charge in [0.25, 0.3) is 0 Å². The molecule has 0 amide bonds. The normalized spacial score (nSPS) is 16.3. The largest absolute Gasteiger partial charge is 0.270 e. The summed E-state index contributed by atoms with van der Waals surface area (Å²) in [5.74, 6) is 5.79. The van der Waals surface area contributed by atoms with E-state index in [1.54, 1.807) is 4.88 Å². The number of nitrogens with two attached hydrogens (primary N) is 1. The maximum atomic E-state index is 5.79. The number of hydrazine groups is 1. The van der Waals surface area contributed by atoms with Crippen LogP contribution in [0.2, 0.25) is 0 Å². The van der Waals surface area contributed by atoms with Crippen LogP contribution in [0.1, 0.15) is 46.8 Å². The van der Waals surface area contributed by atoms with Crippen molar-refractivity contribution in [3.05, 3.63) is 39.3 Å². The van der Waals surface area contributed by atoms with Crippen LogP contribution in [0.25, 0.3) is 0 Å². The molecule has 0 saturated heterocycles. The minimum atomic E-state index is 0.0538. The Labute approximate surface area is 117 Å². The van der Waals surface area contributed by atoms with Crippen LogP contribution in [0, 0.1) is 0 Å². The van der Waals surface area contributed by atoms with Gasteiger partial charge in [0.15, 0.2) is 0 Å². The quantitative estimate of drug-likeness (QED) is 0.666. The Bertz CT molecular complexity index is 534. The van der Waals surface area contributed by atoms with E-state index in [1.165, 1.54) is 36.1 Å². The summed E-state index contributed by atoms with van der Waals surface area (Å²) in [5, 5.41) is 4.34. The Hall–Kier alpha value is -1.17. The van der Waals surface area contributed by atoms with Crippen molar-refractivity contribution in [2.24, 2.45) is 5.84 Å². The minimum absolute atomic E-state index is 0.0538. The zero-order valence-corrected chi connectivity index (χ0v) is 12.0. The molecule has 1 atom stereocenters. The van der Waals surface area contributed by atoms with Crippen molar-refractivity contribution in [1.82, 2.24) is 15.2 Å². The summed E-state index contributed by atoms with van der Waals surface area (Å²) in [7, 11) is 0. The summed E-state index contributed by atoms with van der Waals surface area (Å²) >= 11 is 1.90. The molecule has 2 aromatic heterocycles. The van der Waals surface area contributed by atoms with Crippen molar-refractivity contribution in [3.63, 3.8) is 0 Å². The predicted molar refractivity (Wildman–Crippen MR) is 78.0 cm³/mol. The number of rotatable bonds is 4. The van der Waals surface area contributed by atoms with E-state index in [0.29, 0.717) is 0 Å². The van der Waals surface area contributed by atoms with Gasteiger partial charge in [-0.15, -0.1) is 11.3 Å². The Morgan fingerprint density at radius 2 is 2.32 bits per heavy atom. The number of aryl methyl sites for hydroxylation is 3.